The van der Waals surface area contributed by atoms with E-state index in [1.165, 1.54) is 0 Å². The number of rotatable bonds is 2. The third kappa shape index (κ3) is 2.61. The smallest absolute Gasteiger partial charge is 0.247 e. The van der Waals surface area contributed by atoms with Gasteiger partial charge in [-0.25, -0.2) is 0 Å². The van der Waals surface area contributed by atoms with Gasteiger partial charge >= 0.3 is 0 Å². The zero-order valence-electron chi connectivity index (χ0n) is 10.6. The van der Waals surface area contributed by atoms with Gasteiger partial charge in [-0.05, 0) is 47.0 Å². The van der Waals surface area contributed by atoms with Crippen LogP contribution in [0.3, 0.4) is 0 Å². The molecule has 3 rings (SSSR count). The highest BCUT2D eigenvalue weighted by Gasteiger charge is 2.35. The lowest BCUT2D eigenvalue weighted by molar-refractivity contribution is 0.0400. The molecule has 1 aromatic heterocycles. The highest BCUT2D eigenvalue weighted by atomic mass is 79.9. The van der Waals surface area contributed by atoms with Crippen LogP contribution in [-0.4, -0.2) is 23.4 Å². The Kier molecular flexibility index (Phi) is 3.81. The zero-order chi connectivity index (χ0) is 14.2. The quantitative estimate of drug-likeness (QED) is 0.893. The summed E-state index contributed by atoms with van der Waals surface area (Å²) in [6.45, 7) is 1.22. The Bertz CT molecular complexity index is 626. The third-order valence-corrected chi connectivity index (χ3v) is 4.63. The number of aromatic nitrogens is 2. The van der Waals surface area contributed by atoms with Gasteiger partial charge < -0.3 is 15.0 Å². The number of hydrogen-bond donors (Lipinski definition) is 1. The van der Waals surface area contributed by atoms with Crippen LogP contribution < -0.4 is 5.73 Å². The average molecular weight is 359 g/mol. The summed E-state index contributed by atoms with van der Waals surface area (Å²) in [4.78, 5) is 4.42. The predicted octanol–water partition coefficient (Wildman–Crippen LogP) is 3.12. The monoisotopic (exact) mass is 357 g/mol. The van der Waals surface area contributed by atoms with Crippen LogP contribution in [0.4, 0.5) is 0 Å². The van der Waals surface area contributed by atoms with Crippen LogP contribution in [0.5, 0.6) is 0 Å². The lowest BCUT2D eigenvalue weighted by atomic mass is 9.91. The summed E-state index contributed by atoms with van der Waals surface area (Å²) < 4.78 is 11.4. The standard InChI is InChI=1S/C13H13BrClN3O2/c14-9-7-8(1-2-10(9)15)11-17-12(20-18-11)13(16)3-5-19-6-4-13/h1-2,7H,3-6,16H2. The van der Waals surface area contributed by atoms with E-state index in [2.05, 4.69) is 26.1 Å². The first kappa shape index (κ1) is 14.0. The van der Waals surface area contributed by atoms with E-state index in [1.807, 2.05) is 12.1 Å². The van der Waals surface area contributed by atoms with Gasteiger partial charge in [0.25, 0.3) is 0 Å². The molecule has 2 aromatic rings. The van der Waals surface area contributed by atoms with Crippen molar-refractivity contribution in [3.8, 4) is 11.4 Å². The molecule has 1 saturated heterocycles. The molecule has 5 nitrogen and oxygen atoms in total. The van der Waals surface area contributed by atoms with Crippen LogP contribution in [0, 0.1) is 0 Å². The lowest BCUT2D eigenvalue weighted by Gasteiger charge is -2.29. The number of halogens is 2. The number of ether oxygens (including phenoxy) is 1. The van der Waals surface area contributed by atoms with Gasteiger partial charge in [-0.1, -0.05) is 16.8 Å². The van der Waals surface area contributed by atoms with E-state index in [0.29, 0.717) is 42.8 Å². The molecule has 1 aliphatic heterocycles. The zero-order valence-corrected chi connectivity index (χ0v) is 12.9. The second-order valence-corrected chi connectivity index (χ2v) is 6.08. The van der Waals surface area contributed by atoms with Gasteiger partial charge in [-0.2, -0.15) is 4.98 Å². The van der Waals surface area contributed by atoms with Gasteiger partial charge in [0.05, 0.1) is 5.02 Å². The van der Waals surface area contributed by atoms with Gasteiger partial charge in [0.15, 0.2) is 0 Å². The lowest BCUT2D eigenvalue weighted by Crippen LogP contribution is -2.42. The molecule has 1 aliphatic rings. The van der Waals surface area contributed by atoms with E-state index >= 15 is 0 Å². The van der Waals surface area contributed by atoms with Crippen molar-refractivity contribution >= 4 is 27.5 Å². The van der Waals surface area contributed by atoms with E-state index in [-0.39, 0.29) is 0 Å². The molecule has 7 heteroatoms. The Morgan fingerprint density at radius 3 is 2.75 bits per heavy atom. The molecule has 1 aromatic carbocycles. The van der Waals surface area contributed by atoms with Crippen molar-refractivity contribution in [2.75, 3.05) is 13.2 Å². The van der Waals surface area contributed by atoms with Crippen molar-refractivity contribution in [3.63, 3.8) is 0 Å². The Hall–Kier alpha value is -0.950. The van der Waals surface area contributed by atoms with Crippen molar-refractivity contribution in [1.29, 1.82) is 0 Å². The maximum atomic E-state index is 6.32. The molecule has 1 fully saturated rings. The van der Waals surface area contributed by atoms with Crippen molar-refractivity contribution < 1.29 is 9.26 Å². The van der Waals surface area contributed by atoms with Crippen molar-refractivity contribution in [1.82, 2.24) is 10.1 Å². The Labute approximate surface area is 129 Å². The van der Waals surface area contributed by atoms with Gasteiger partial charge in [0, 0.05) is 23.2 Å². The summed E-state index contributed by atoms with van der Waals surface area (Å²) in [5, 5.41) is 4.64. The molecule has 20 heavy (non-hydrogen) atoms. The second kappa shape index (κ2) is 5.44. The van der Waals surface area contributed by atoms with E-state index in [0.717, 1.165) is 10.0 Å². The van der Waals surface area contributed by atoms with Crippen LogP contribution in [-0.2, 0) is 10.3 Å². The summed E-state index contributed by atoms with van der Waals surface area (Å²) in [7, 11) is 0. The van der Waals surface area contributed by atoms with Crippen LogP contribution in [0.2, 0.25) is 5.02 Å². The summed E-state index contributed by atoms with van der Waals surface area (Å²) in [5.41, 5.74) is 6.55. The molecular formula is C13H13BrClN3O2. The van der Waals surface area contributed by atoms with Crippen molar-refractivity contribution in [2.45, 2.75) is 18.4 Å². The largest absolute Gasteiger partial charge is 0.381 e. The van der Waals surface area contributed by atoms with Crippen molar-refractivity contribution in [2.24, 2.45) is 5.73 Å². The minimum absolute atomic E-state index is 0.460. The normalized spacial score (nSPS) is 18.1. The predicted molar refractivity (Wildman–Crippen MR) is 78.4 cm³/mol. The number of hydrogen-bond acceptors (Lipinski definition) is 5. The van der Waals surface area contributed by atoms with E-state index in [9.17, 15) is 0 Å². The van der Waals surface area contributed by atoms with Crippen molar-refractivity contribution in [3.05, 3.63) is 33.6 Å². The summed E-state index contributed by atoms with van der Waals surface area (Å²) >= 11 is 9.35. The minimum Gasteiger partial charge on any atom is -0.381 e. The third-order valence-electron chi connectivity index (χ3n) is 3.41. The van der Waals surface area contributed by atoms with Gasteiger partial charge in [-0.3, -0.25) is 0 Å². The molecule has 0 radical (unpaired) electrons. The molecule has 0 bridgehead atoms. The number of benzene rings is 1. The number of nitrogens with two attached hydrogens (primary N) is 1. The Balaban J connectivity index is 1.91. The molecule has 0 atom stereocenters. The highest BCUT2D eigenvalue weighted by Crippen LogP contribution is 2.31. The molecule has 0 amide bonds. The molecule has 0 saturated carbocycles. The SMILES string of the molecule is NC1(c2nc(-c3ccc(Cl)c(Br)c3)no2)CCOCC1. The van der Waals surface area contributed by atoms with Crippen LogP contribution in [0.1, 0.15) is 18.7 Å². The van der Waals surface area contributed by atoms with Crippen LogP contribution >= 0.6 is 27.5 Å². The molecule has 2 N–H and O–H groups in total. The van der Waals surface area contributed by atoms with E-state index < -0.39 is 5.54 Å². The first-order valence-electron chi connectivity index (χ1n) is 6.25. The van der Waals surface area contributed by atoms with Gasteiger partial charge in [0.2, 0.25) is 11.7 Å². The van der Waals surface area contributed by atoms with Gasteiger partial charge in [0.1, 0.15) is 5.54 Å². The molecule has 0 spiro atoms. The molecule has 0 unspecified atom stereocenters. The first-order chi connectivity index (χ1) is 9.58. The molecular weight excluding hydrogens is 346 g/mol. The minimum atomic E-state index is -0.590. The fourth-order valence-electron chi connectivity index (χ4n) is 2.13. The van der Waals surface area contributed by atoms with E-state index in [4.69, 9.17) is 26.6 Å². The second-order valence-electron chi connectivity index (χ2n) is 4.82. The fraction of sp³-hybridized carbons (Fsp3) is 0.385. The van der Waals surface area contributed by atoms with E-state index in [1.54, 1.807) is 6.07 Å². The Morgan fingerprint density at radius 1 is 1.30 bits per heavy atom. The first-order valence-corrected chi connectivity index (χ1v) is 7.42. The molecule has 2 heterocycles. The average Bonchev–Trinajstić information content (AvgIpc) is 2.93. The maximum Gasteiger partial charge on any atom is 0.247 e. The fourth-order valence-corrected chi connectivity index (χ4v) is 2.62. The number of nitrogens with zero attached hydrogens (tertiary/aromatic N) is 2. The Morgan fingerprint density at radius 2 is 2.05 bits per heavy atom. The topological polar surface area (TPSA) is 74.2 Å². The maximum absolute atomic E-state index is 6.32. The van der Waals surface area contributed by atoms with Gasteiger partial charge in [-0.15, -0.1) is 0 Å². The molecule has 0 aliphatic carbocycles. The van der Waals surface area contributed by atoms with Crippen LogP contribution in [0.25, 0.3) is 11.4 Å². The highest BCUT2D eigenvalue weighted by molar-refractivity contribution is 9.10. The van der Waals surface area contributed by atoms with Crippen LogP contribution in [0.15, 0.2) is 27.2 Å². The molecule has 106 valence electrons. The summed E-state index contributed by atoms with van der Waals surface area (Å²) in [5.74, 6) is 0.968. The summed E-state index contributed by atoms with van der Waals surface area (Å²) in [6.07, 6.45) is 1.36. The summed E-state index contributed by atoms with van der Waals surface area (Å²) in [6, 6.07) is 5.47.